The Hall–Kier alpha value is -3.02. The van der Waals surface area contributed by atoms with Crippen LogP contribution in [0.1, 0.15) is 18.4 Å². The van der Waals surface area contributed by atoms with Crippen LogP contribution in [0.25, 0.3) is 0 Å². The lowest BCUT2D eigenvalue weighted by Gasteiger charge is -2.15. The highest BCUT2D eigenvalue weighted by molar-refractivity contribution is 5.96. The van der Waals surface area contributed by atoms with E-state index < -0.39 is 0 Å². The molecule has 1 saturated heterocycles. The quantitative estimate of drug-likeness (QED) is 0.750. The van der Waals surface area contributed by atoms with Crippen LogP contribution in [0.5, 0.6) is 5.75 Å². The topological polar surface area (TPSA) is 70.7 Å². The molecule has 0 spiro atoms. The van der Waals surface area contributed by atoms with E-state index in [0.29, 0.717) is 38.2 Å². The van der Waals surface area contributed by atoms with Crippen molar-refractivity contribution in [2.45, 2.75) is 19.8 Å². The van der Waals surface area contributed by atoms with E-state index in [-0.39, 0.29) is 11.9 Å². The van der Waals surface area contributed by atoms with Crippen molar-refractivity contribution in [3.05, 3.63) is 54.1 Å². The molecule has 1 heterocycles. The molecule has 0 aromatic heterocycles. The van der Waals surface area contributed by atoms with Gasteiger partial charge in [0, 0.05) is 30.9 Å². The minimum absolute atomic E-state index is 0.0681. The van der Waals surface area contributed by atoms with Crippen LogP contribution in [-0.4, -0.2) is 31.6 Å². The highest BCUT2D eigenvalue weighted by Gasteiger charge is 2.21. The van der Waals surface area contributed by atoms with E-state index in [1.54, 1.807) is 4.90 Å². The number of benzene rings is 2. The Morgan fingerprint density at radius 2 is 2.08 bits per heavy atom. The highest BCUT2D eigenvalue weighted by Crippen LogP contribution is 2.21. The molecule has 1 fully saturated rings. The summed E-state index contributed by atoms with van der Waals surface area (Å²) in [4.78, 5) is 25.5. The molecule has 1 aliphatic heterocycles. The van der Waals surface area contributed by atoms with Crippen LogP contribution in [0.4, 0.5) is 16.2 Å². The molecule has 2 aromatic carbocycles. The van der Waals surface area contributed by atoms with Gasteiger partial charge in [0.15, 0.2) is 0 Å². The fourth-order valence-corrected chi connectivity index (χ4v) is 2.83. The number of nitrogens with zero attached hydrogens (tertiary/aromatic N) is 1. The summed E-state index contributed by atoms with van der Waals surface area (Å²) in [6, 6.07) is 15.0. The van der Waals surface area contributed by atoms with Gasteiger partial charge in [-0.15, -0.1) is 0 Å². The number of hydrogen-bond acceptors (Lipinski definition) is 3. The average Bonchev–Trinajstić information content (AvgIpc) is 3.06. The number of ether oxygens (including phenoxy) is 1. The largest absolute Gasteiger partial charge is 0.493 e. The third kappa shape index (κ3) is 4.53. The molecular weight excluding hydrogens is 330 g/mol. The Kier molecular flexibility index (Phi) is 5.73. The predicted molar refractivity (Wildman–Crippen MR) is 102 cm³/mol. The van der Waals surface area contributed by atoms with Crippen molar-refractivity contribution >= 4 is 23.3 Å². The first-order valence-electron chi connectivity index (χ1n) is 8.77. The molecule has 2 N–H and O–H groups in total. The Labute approximate surface area is 153 Å². The number of carbonyl (C=O) groups is 2. The van der Waals surface area contributed by atoms with Gasteiger partial charge in [0.05, 0.1) is 6.61 Å². The molecule has 0 atom stereocenters. The number of aryl methyl sites for hydroxylation is 1. The third-order valence-corrected chi connectivity index (χ3v) is 4.20. The van der Waals surface area contributed by atoms with Gasteiger partial charge in [0.25, 0.3) is 0 Å². The van der Waals surface area contributed by atoms with Crippen LogP contribution in [0.3, 0.4) is 0 Å². The molecule has 0 radical (unpaired) electrons. The fraction of sp³-hybridized carbons (Fsp3) is 0.300. The van der Waals surface area contributed by atoms with Gasteiger partial charge >= 0.3 is 6.03 Å². The van der Waals surface area contributed by atoms with Crippen molar-refractivity contribution in [1.29, 1.82) is 0 Å². The van der Waals surface area contributed by atoms with Crippen LogP contribution < -0.4 is 20.3 Å². The Balaban J connectivity index is 1.46. The second kappa shape index (κ2) is 8.38. The standard InChI is InChI=1S/C20H23N3O3/c1-15-6-2-3-9-18(15)26-13-5-10-19(24)22-16-7-4-8-17(14-16)23-12-11-21-20(23)25/h2-4,6-9,14H,5,10-13H2,1H3,(H,21,25)(H,22,24). The van der Waals surface area contributed by atoms with E-state index in [1.807, 2.05) is 55.5 Å². The molecule has 6 nitrogen and oxygen atoms in total. The van der Waals surface area contributed by atoms with Crippen LogP contribution in [0.2, 0.25) is 0 Å². The molecule has 0 unspecified atom stereocenters. The SMILES string of the molecule is Cc1ccccc1OCCCC(=O)Nc1cccc(N2CCNC2=O)c1. The maximum Gasteiger partial charge on any atom is 0.321 e. The van der Waals surface area contributed by atoms with Crippen molar-refractivity contribution in [2.75, 3.05) is 29.9 Å². The van der Waals surface area contributed by atoms with Gasteiger partial charge in [0.2, 0.25) is 5.91 Å². The number of hydrogen-bond donors (Lipinski definition) is 2. The molecule has 26 heavy (non-hydrogen) atoms. The summed E-state index contributed by atoms with van der Waals surface area (Å²) < 4.78 is 5.70. The lowest BCUT2D eigenvalue weighted by Crippen LogP contribution is -2.27. The Morgan fingerprint density at radius 1 is 1.23 bits per heavy atom. The molecule has 3 rings (SSSR count). The number of carbonyl (C=O) groups excluding carboxylic acids is 2. The fourth-order valence-electron chi connectivity index (χ4n) is 2.83. The minimum atomic E-state index is -0.109. The van der Waals surface area contributed by atoms with Crippen molar-refractivity contribution in [3.63, 3.8) is 0 Å². The summed E-state index contributed by atoms with van der Waals surface area (Å²) in [5.41, 5.74) is 2.55. The molecule has 0 aliphatic carbocycles. The number of urea groups is 1. The van der Waals surface area contributed by atoms with Gasteiger partial charge in [-0.3, -0.25) is 9.69 Å². The Bertz CT molecular complexity index is 791. The number of para-hydroxylation sites is 1. The molecule has 1 aliphatic rings. The van der Waals surface area contributed by atoms with Gasteiger partial charge in [-0.05, 0) is 43.2 Å². The summed E-state index contributed by atoms with van der Waals surface area (Å²) in [6.45, 7) is 3.75. The number of nitrogens with one attached hydrogen (secondary N) is 2. The molecule has 136 valence electrons. The van der Waals surface area contributed by atoms with E-state index in [9.17, 15) is 9.59 Å². The first-order valence-corrected chi connectivity index (χ1v) is 8.77. The molecule has 2 aromatic rings. The normalized spacial score (nSPS) is 13.4. The lowest BCUT2D eigenvalue weighted by molar-refractivity contribution is -0.116. The number of amides is 3. The lowest BCUT2D eigenvalue weighted by atomic mass is 10.2. The number of rotatable bonds is 7. The van der Waals surface area contributed by atoms with Gasteiger partial charge in [0.1, 0.15) is 5.75 Å². The first kappa shape index (κ1) is 17.8. The smallest absolute Gasteiger partial charge is 0.321 e. The van der Waals surface area contributed by atoms with E-state index in [1.165, 1.54) is 0 Å². The van der Waals surface area contributed by atoms with E-state index in [2.05, 4.69) is 10.6 Å². The van der Waals surface area contributed by atoms with Crippen molar-refractivity contribution < 1.29 is 14.3 Å². The zero-order valence-corrected chi connectivity index (χ0v) is 14.8. The van der Waals surface area contributed by atoms with Crippen LogP contribution in [0.15, 0.2) is 48.5 Å². The second-order valence-corrected chi connectivity index (χ2v) is 6.20. The minimum Gasteiger partial charge on any atom is -0.493 e. The summed E-state index contributed by atoms with van der Waals surface area (Å²) >= 11 is 0. The Morgan fingerprint density at radius 3 is 2.85 bits per heavy atom. The van der Waals surface area contributed by atoms with Gasteiger partial charge in [-0.2, -0.15) is 0 Å². The third-order valence-electron chi connectivity index (χ3n) is 4.20. The van der Waals surface area contributed by atoms with E-state index in [0.717, 1.165) is 17.0 Å². The van der Waals surface area contributed by atoms with Crippen LogP contribution in [-0.2, 0) is 4.79 Å². The highest BCUT2D eigenvalue weighted by atomic mass is 16.5. The maximum absolute atomic E-state index is 12.1. The average molecular weight is 353 g/mol. The molecule has 0 bridgehead atoms. The molecule has 6 heteroatoms. The molecule has 0 saturated carbocycles. The van der Waals surface area contributed by atoms with Crippen molar-refractivity contribution in [1.82, 2.24) is 5.32 Å². The maximum atomic E-state index is 12.1. The predicted octanol–water partition coefficient (Wildman–Crippen LogP) is 3.32. The number of anilines is 2. The van der Waals surface area contributed by atoms with Crippen molar-refractivity contribution in [2.24, 2.45) is 0 Å². The second-order valence-electron chi connectivity index (χ2n) is 6.20. The monoisotopic (exact) mass is 353 g/mol. The van der Waals surface area contributed by atoms with Gasteiger partial charge < -0.3 is 15.4 Å². The van der Waals surface area contributed by atoms with E-state index in [4.69, 9.17) is 4.74 Å². The van der Waals surface area contributed by atoms with Gasteiger partial charge in [-0.25, -0.2) is 4.79 Å². The van der Waals surface area contributed by atoms with Gasteiger partial charge in [-0.1, -0.05) is 24.3 Å². The summed E-state index contributed by atoms with van der Waals surface area (Å²) in [5.74, 6) is 0.783. The molecule has 3 amide bonds. The van der Waals surface area contributed by atoms with Crippen LogP contribution in [0, 0.1) is 6.92 Å². The first-order chi connectivity index (χ1) is 12.6. The zero-order valence-electron chi connectivity index (χ0n) is 14.8. The summed E-state index contributed by atoms with van der Waals surface area (Å²) in [7, 11) is 0. The summed E-state index contributed by atoms with van der Waals surface area (Å²) in [5, 5.41) is 5.64. The molecular formula is C20H23N3O3. The summed E-state index contributed by atoms with van der Waals surface area (Å²) in [6.07, 6.45) is 1.01. The zero-order chi connectivity index (χ0) is 18.4. The van der Waals surface area contributed by atoms with Crippen LogP contribution >= 0.6 is 0 Å². The van der Waals surface area contributed by atoms with E-state index >= 15 is 0 Å². The van der Waals surface area contributed by atoms with Crippen molar-refractivity contribution in [3.8, 4) is 5.75 Å².